The van der Waals surface area contributed by atoms with Gasteiger partial charge in [0.2, 0.25) is 0 Å². The topological polar surface area (TPSA) is 11.4 Å². The van der Waals surface area contributed by atoms with Gasteiger partial charge in [0.15, 0.2) is 0 Å². The first-order chi connectivity index (χ1) is 27.3. The second-order valence-corrected chi connectivity index (χ2v) is 13.8. The minimum Gasteiger partial charge on any atom is -0.310 e. The molecule has 3 nitrogen and oxygen atoms in total. The standard InChI is InChI=1S/C52H37N3/c1-5-19-42(20-6-1)53(43-21-7-2-8-22-43)47-36-50(52-48-27-15-16-28-49(48)55(51(52)37-47)45-25-11-4-12-26-45)54(44-23-9-3-10-24-44)46-33-31-39(32-34-46)41-30-29-38-17-13-14-18-40(38)35-41/h1-37H. The van der Waals surface area contributed by atoms with Gasteiger partial charge in [-0.3, -0.25) is 0 Å². The van der Waals surface area contributed by atoms with Crippen LogP contribution in [-0.2, 0) is 0 Å². The third-order valence-corrected chi connectivity index (χ3v) is 10.5. The van der Waals surface area contributed by atoms with E-state index in [9.17, 15) is 0 Å². The first-order valence-electron chi connectivity index (χ1n) is 18.8. The molecule has 0 aliphatic heterocycles. The Labute approximate surface area is 321 Å². The monoisotopic (exact) mass is 703 g/mol. The summed E-state index contributed by atoms with van der Waals surface area (Å²) in [5.74, 6) is 0. The molecule has 0 unspecified atom stereocenters. The second kappa shape index (κ2) is 13.9. The average Bonchev–Trinajstić information content (AvgIpc) is 3.60. The molecule has 10 aromatic rings. The number of benzene rings is 9. The van der Waals surface area contributed by atoms with E-state index >= 15 is 0 Å². The van der Waals surface area contributed by atoms with Crippen LogP contribution in [0.2, 0.25) is 0 Å². The quantitative estimate of drug-likeness (QED) is 0.156. The smallest absolute Gasteiger partial charge is 0.0583 e. The van der Waals surface area contributed by atoms with Crippen molar-refractivity contribution < 1.29 is 0 Å². The van der Waals surface area contributed by atoms with Gasteiger partial charge in [0.05, 0.1) is 22.4 Å². The van der Waals surface area contributed by atoms with Crippen molar-refractivity contribution in [2.75, 3.05) is 9.80 Å². The van der Waals surface area contributed by atoms with Crippen molar-refractivity contribution in [2.24, 2.45) is 0 Å². The maximum absolute atomic E-state index is 2.42. The van der Waals surface area contributed by atoms with E-state index in [0.717, 1.165) is 50.8 Å². The summed E-state index contributed by atoms with van der Waals surface area (Å²) >= 11 is 0. The van der Waals surface area contributed by atoms with Gasteiger partial charge < -0.3 is 14.4 Å². The van der Waals surface area contributed by atoms with Crippen molar-refractivity contribution in [2.45, 2.75) is 0 Å². The molecule has 260 valence electrons. The molecule has 0 bridgehead atoms. The molecule has 0 fully saturated rings. The number of rotatable bonds is 8. The Morgan fingerprint density at radius 3 is 1.47 bits per heavy atom. The minimum absolute atomic E-state index is 1.06. The number of para-hydroxylation sites is 5. The van der Waals surface area contributed by atoms with Crippen molar-refractivity contribution in [3.8, 4) is 16.8 Å². The summed E-state index contributed by atoms with van der Waals surface area (Å²) in [4.78, 5) is 4.79. The lowest BCUT2D eigenvalue weighted by atomic mass is 10.0. The number of fused-ring (bicyclic) bond motifs is 4. The van der Waals surface area contributed by atoms with Gasteiger partial charge in [-0.05, 0) is 107 Å². The molecule has 0 N–H and O–H groups in total. The fourth-order valence-corrected chi connectivity index (χ4v) is 8.00. The van der Waals surface area contributed by atoms with E-state index in [1.165, 1.54) is 32.7 Å². The first-order valence-corrected chi connectivity index (χ1v) is 18.8. The molecule has 0 aliphatic carbocycles. The number of nitrogens with zero attached hydrogens (tertiary/aromatic N) is 3. The highest BCUT2D eigenvalue weighted by Gasteiger charge is 2.24. The number of hydrogen-bond donors (Lipinski definition) is 0. The zero-order valence-electron chi connectivity index (χ0n) is 30.2. The van der Waals surface area contributed by atoms with Crippen LogP contribution < -0.4 is 9.80 Å². The molecule has 1 heterocycles. The van der Waals surface area contributed by atoms with Gasteiger partial charge in [0.1, 0.15) is 0 Å². The van der Waals surface area contributed by atoms with Gasteiger partial charge in [-0.2, -0.15) is 0 Å². The molecule has 9 aromatic carbocycles. The molecule has 0 atom stereocenters. The Morgan fingerprint density at radius 1 is 0.309 bits per heavy atom. The number of aromatic nitrogens is 1. The summed E-state index contributed by atoms with van der Waals surface area (Å²) in [5.41, 5.74) is 12.3. The lowest BCUT2D eigenvalue weighted by Crippen LogP contribution is -2.14. The van der Waals surface area contributed by atoms with Crippen LogP contribution in [0.4, 0.5) is 34.1 Å². The maximum Gasteiger partial charge on any atom is 0.0583 e. The van der Waals surface area contributed by atoms with Crippen LogP contribution in [0.5, 0.6) is 0 Å². The predicted molar refractivity (Wildman–Crippen MR) is 233 cm³/mol. The van der Waals surface area contributed by atoms with E-state index in [0.29, 0.717) is 0 Å². The molecule has 0 spiro atoms. The van der Waals surface area contributed by atoms with Crippen molar-refractivity contribution in [3.63, 3.8) is 0 Å². The van der Waals surface area contributed by atoms with E-state index in [1.54, 1.807) is 0 Å². The van der Waals surface area contributed by atoms with E-state index in [2.05, 4.69) is 239 Å². The molecule has 55 heavy (non-hydrogen) atoms. The van der Waals surface area contributed by atoms with Crippen LogP contribution in [0.15, 0.2) is 224 Å². The van der Waals surface area contributed by atoms with E-state index in [4.69, 9.17) is 0 Å². The molecule has 1 aromatic heterocycles. The van der Waals surface area contributed by atoms with Crippen molar-refractivity contribution in [1.82, 2.24) is 4.57 Å². The van der Waals surface area contributed by atoms with Crippen LogP contribution in [0.3, 0.4) is 0 Å². The molecule has 0 saturated heterocycles. The zero-order valence-corrected chi connectivity index (χ0v) is 30.2. The van der Waals surface area contributed by atoms with Crippen molar-refractivity contribution in [3.05, 3.63) is 224 Å². The Hall–Kier alpha value is -7.36. The Balaban J connectivity index is 1.26. The normalized spacial score (nSPS) is 11.3. The highest BCUT2D eigenvalue weighted by molar-refractivity contribution is 6.18. The molecule has 0 radical (unpaired) electrons. The van der Waals surface area contributed by atoms with Crippen LogP contribution in [0.25, 0.3) is 49.4 Å². The molecule has 3 heteroatoms. The van der Waals surface area contributed by atoms with Crippen LogP contribution in [0, 0.1) is 0 Å². The van der Waals surface area contributed by atoms with Gasteiger partial charge in [0.25, 0.3) is 0 Å². The summed E-state index contributed by atoms with van der Waals surface area (Å²) in [5, 5.41) is 4.87. The zero-order chi connectivity index (χ0) is 36.6. The third-order valence-electron chi connectivity index (χ3n) is 10.5. The average molecular weight is 704 g/mol. The number of anilines is 6. The van der Waals surface area contributed by atoms with E-state index < -0.39 is 0 Å². The van der Waals surface area contributed by atoms with Gasteiger partial charge in [-0.15, -0.1) is 0 Å². The lowest BCUT2D eigenvalue weighted by Gasteiger charge is -2.30. The fraction of sp³-hybridized carbons (Fsp3) is 0. The number of hydrogen-bond acceptors (Lipinski definition) is 2. The van der Waals surface area contributed by atoms with Gasteiger partial charge in [0, 0.05) is 39.2 Å². The molecule has 10 rings (SSSR count). The first kappa shape index (κ1) is 32.3. The fourth-order valence-electron chi connectivity index (χ4n) is 8.00. The molecular weight excluding hydrogens is 667 g/mol. The van der Waals surface area contributed by atoms with Crippen LogP contribution in [-0.4, -0.2) is 4.57 Å². The molecule has 0 amide bonds. The SMILES string of the molecule is c1ccc(N(c2ccccc2)c2cc(N(c3ccccc3)c3ccc(-c4ccc5ccccc5c4)cc3)c3c4ccccc4n(-c4ccccc4)c3c2)cc1. The molecular formula is C52H37N3. The van der Waals surface area contributed by atoms with Crippen molar-refractivity contribution in [1.29, 1.82) is 0 Å². The maximum atomic E-state index is 2.42. The van der Waals surface area contributed by atoms with E-state index in [-0.39, 0.29) is 0 Å². The Morgan fingerprint density at radius 2 is 0.818 bits per heavy atom. The van der Waals surface area contributed by atoms with Gasteiger partial charge >= 0.3 is 0 Å². The Bertz CT molecular complexity index is 2860. The highest BCUT2D eigenvalue weighted by atomic mass is 15.2. The van der Waals surface area contributed by atoms with E-state index in [1.807, 2.05) is 0 Å². The van der Waals surface area contributed by atoms with Gasteiger partial charge in [-0.1, -0.05) is 140 Å². The summed E-state index contributed by atoms with van der Waals surface area (Å²) in [6.07, 6.45) is 0. The summed E-state index contributed by atoms with van der Waals surface area (Å²) in [6, 6.07) is 80.6. The highest BCUT2D eigenvalue weighted by Crippen LogP contribution is 2.48. The Kier molecular flexibility index (Phi) is 8.16. The summed E-state index contributed by atoms with van der Waals surface area (Å²) < 4.78 is 2.41. The second-order valence-electron chi connectivity index (χ2n) is 13.8. The predicted octanol–water partition coefficient (Wildman–Crippen LogP) is 14.5. The summed E-state index contributed by atoms with van der Waals surface area (Å²) in [7, 11) is 0. The lowest BCUT2D eigenvalue weighted by molar-refractivity contribution is 1.17. The minimum atomic E-state index is 1.06. The molecule has 0 aliphatic rings. The van der Waals surface area contributed by atoms with Crippen LogP contribution >= 0.6 is 0 Å². The largest absolute Gasteiger partial charge is 0.310 e. The summed E-state index contributed by atoms with van der Waals surface area (Å²) in [6.45, 7) is 0. The molecule has 0 saturated carbocycles. The third kappa shape index (κ3) is 5.89. The van der Waals surface area contributed by atoms with Crippen molar-refractivity contribution >= 4 is 66.7 Å². The van der Waals surface area contributed by atoms with Gasteiger partial charge in [-0.25, -0.2) is 0 Å². The van der Waals surface area contributed by atoms with Crippen LogP contribution in [0.1, 0.15) is 0 Å².